The molecular weight excluding hydrogens is 386 g/mol. The first-order valence-electron chi connectivity index (χ1n) is 9.46. The maximum Gasteiger partial charge on any atom is 0.228 e. The molecule has 29 heavy (non-hydrogen) atoms. The van der Waals surface area contributed by atoms with Gasteiger partial charge < -0.3 is 5.32 Å². The summed E-state index contributed by atoms with van der Waals surface area (Å²) < 4.78 is 3.64. The highest BCUT2D eigenvalue weighted by molar-refractivity contribution is 6.33. The topological polar surface area (TPSA) is 73.5 Å². The number of benzene rings is 1. The average Bonchev–Trinajstić information content (AvgIpc) is 3.24. The first kappa shape index (κ1) is 17.9. The Bertz CT molecular complexity index is 1220. The summed E-state index contributed by atoms with van der Waals surface area (Å²) in [5.41, 5.74) is 6.00. The molecule has 0 saturated carbocycles. The highest BCUT2D eigenvalue weighted by atomic mass is 35.5. The summed E-state index contributed by atoms with van der Waals surface area (Å²) >= 11 is 6.53. The van der Waals surface area contributed by atoms with Gasteiger partial charge in [-0.3, -0.25) is 9.36 Å². The summed E-state index contributed by atoms with van der Waals surface area (Å²) in [5.74, 6) is 1.50. The van der Waals surface area contributed by atoms with Crippen LogP contribution in [0.5, 0.6) is 0 Å². The molecule has 1 atom stereocenters. The lowest BCUT2D eigenvalue weighted by atomic mass is 9.85. The first-order valence-corrected chi connectivity index (χ1v) is 9.84. The summed E-state index contributed by atoms with van der Waals surface area (Å²) in [7, 11) is 3.83. The quantitative estimate of drug-likeness (QED) is 0.549. The molecule has 7 nitrogen and oxygen atoms in total. The third kappa shape index (κ3) is 2.98. The van der Waals surface area contributed by atoms with Gasteiger partial charge in [0.1, 0.15) is 0 Å². The molecule has 0 fully saturated rings. The van der Waals surface area contributed by atoms with Gasteiger partial charge in [-0.05, 0) is 18.4 Å². The normalized spacial score (nSPS) is 15.1. The summed E-state index contributed by atoms with van der Waals surface area (Å²) in [6.07, 6.45) is 4.62. The van der Waals surface area contributed by atoms with E-state index < -0.39 is 0 Å². The van der Waals surface area contributed by atoms with Crippen molar-refractivity contribution in [2.24, 2.45) is 14.1 Å². The van der Waals surface area contributed by atoms with E-state index in [2.05, 4.69) is 22.3 Å². The lowest BCUT2D eigenvalue weighted by Gasteiger charge is -2.22. The Kier molecular flexibility index (Phi) is 4.13. The third-order valence-corrected chi connectivity index (χ3v) is 5.62. The maximum atomic E-state index is 6.53. The van der Waals surface area contributed by atoms with Gasteiger partial charge in [0.15, 0.2) is 5.82 Å². The monoisotopic (exact) mass is 405 g/mol. The lowest BCUT2D eigenvalue weighted by Crippen LogP contribution is -2.12. The Balaban J connectivity index is 1.68. The van der Waals surface area contributed by atoms with Crippen molar-refractivity contribution in [3.63, 3.8) is 0 Å². The number of hydrogen-bond acceptors (Lipinski definition) is 5. The molecule has 0 bridgehead atoms. The van der Waals surface area contributed by atoms with Crippen molar-refractivity contribution in [2.45, 2.75) is 19.3 Å². The highest BCUT2D eigenvalue weighted by Crippen LogP contribution is 2.44. The summed E-state index contributed by atoms with van der Waals surface area (Å²) in [6, 6.07) is 9.72. The molecule has 1 unspecified atom stereocenters. The molecule has 0 amide bonds. The largest absolute Gasteiger partial charge is 0.307 e. The molecule has 1 N–H and O–H groups in total. The molecule has 1 aliphatic carbocycles. The van der Waals surface area contributed by atoms with E-state index in [0.717, 1.165) is 40.2 Å². The first-order chi connectivity index (χ1) is 14.0. The van der Waals surface area contributed by atoms with Gasteiger partial charge >= 0.3 is 0 Å². The second-order valence-electron chi connectivity index (χ2n) is 7.38. The Hall–Kier alpha value is -3.19. The van der Waals surface area contributed by atoms with Crippen LogP contribution in [-0.4, -0.2) is 29.5 Å². The molecule has 4 aromatic rings. The zero-order valence-electron chi connectivity index (χ0n) is 16.4. The summed E-state index contributed by atoms with van der Waals surface area (Å²) in [6.45, 7) is 2.18. The summed E-state index contributed by atoms with van der Waals surface area (Å²) in [4.78, 5) is 9.39. The fraction of sp³-hybridized carbons (Fsp3) is 0.238. The van der Waals surface area contributed by atoms with E-state index in [4.69, 9.17) is 21.7 Å². The number of aryl methyl sites for hydroxylation is 2. The van der Waals surface area contributed by atoms with E-state index in [1.807, 2.05) is 61.5 Å². The minimum Gasteiger partial charge on any atom is -0.307 e. The van der Waals surface area contributed by atoms with E-state index >= 15 is 0 Å². The minimum atomic E-state index is 0.287. The molecule has 1 aromatic carbocycles. The Morgan fingerprint density at radius 1 is 1.14 bits per heavy atom. The third-order valence-electron chi connectivity index (χ3n) is 5.29. The number of hydrogen-bond donors (Lipinski definition) is 1. The van der Waals surface area contributed by atoms with E-state index in [1.165, 1.54) is 0 Å². The molecule has 1 aliphatic rings. The van der Waals surface area contributed by atoms with Gasteiger partial charge in [0.05, 0.1) is 17.1 Å². The number of aromatic nitrogens is 6. The maximum absolute atomic E-state index is 6.53. The van der Waals surface area contributed by atoms with Crippen LogP contribution >= 0.6 is 11.6 Å². The molecule has 3 aromatic heterocycles. The van der Waals surface area contributed by atoms with Crippen molar-refractivity contribution in [1.82, 2.24) is 29.5 Å². The fourth-order valence-corrected chi connectivity index (χ4v) is 4.17. The molecule has 0 radical (unpaired) electrons. The van der Waals surface area contributed by atoms with Crippen LogP contribution in [0.3, 0.4) is 0 Å². The van der Waals surface area contributed by atoms with Crippen molar-refractivity contribution in [1.29, 1.82) is 0 Å². The number of anilines is 2. The molecule has 5 rings (SSSR count). The molecule has 146 valence electrons. The van der Waals surface area contributed by atoms with Crippen LogP contribution in [-0.2, 0) is 20.5 Å². The number of rotatable bonds is 3. The molecule has 8 heteroatoms. The van der Waals surface area contributed by atoms with Gasteiger partial charge in [-0.25, -0.2) is 9.97 Å². The van der Waals surface area contributed by atoms with Crippen molar-refractivity contribution in [3.8, 4) is 22.5 Å². The van der Waals surface area contributed by atoms with Gasteiger partial charge in [0.2, 0.25) is 5.95 Å². The molecule has 0 spiro atoms. The van der Waals surface area contributed by atoms with Gasteiger partial charge in [-0.1, -0.05) is 36.7 Å². The number of nitrogens with zero attached hydrogens (tertiary/aromatic N) is 6. The van der Waals surface area contributed by atoms with Crippen LogP contribution in [0.1, 0.15) is 24.1 Å². The van der Waals surface area contributed by atoms with Crippen molar-refractivity contribution >= 4 is 23.4 Å². The second-order valence-corrected chi connectivity index (χ2v) is 7.78. The minimum absolute atomic E-state index is 0.287. The van der Waals surface area contributed by atoms with Crippen LogP contribution in [0.2, 0.25) is 5.02 Å². The zero-order chi connectivity index (χ0) is 20.1. The lowest BCUT2D eigenvalue weighted by molar-refractivity contribution is 0.688. The predicted octanol–water partition coefficient (Wildman–Crippen LogP) is 4.33. The molecule has 0 aliphatic heterocycles. The van der Waals surface area contributed by atoms with Crippen LogP contribution in [0, 0.1) is 0 Å². The molecular formula is C21H20ClN7. The number of nitrogens with one attached hydrogen (secondary N) is 1. The van der Waals surface area contributed by atoms with E-state index in [9.17, 15) is 0 Å². The van der Waals surface area contributed by atoms with Crippen LogP contribution < -0.4 is 5.32 Å². The van der Waals surface area contributed by atoms with E-state index in [-0.39, 0.29) is 5.92 Å². The van der Waals surface area contributed by atoms with Gasteiger partial charge in [0, 0.05) is 54.3 Å². The van der Waals surface area contributed by atoms with Gasteiger partial charge in [-0.15, -0.1) is 0 Å². The fourth-order valence-electron chi connectivity index (χ4n) is 3.94. The zero-order valence-corrected chi connectivity index (χ0v) is 17.1. The SMILES string of the molecule is CC1Cc2nn(C)c(-c3ccccc3Cl)c2-c2nc(Nc3ccn(C)n3)ncc21. The van der Waals surface area contributed by atoms with Gasteiger partial charge in [-0.2, -0.15) is 10.2 Å². The predicted molar refractivity (Wildman–Crippen MR) is 113 cm³/mol. The molecule has 3 heterocycles. The number of fused-ring (bicyclic) bond motifs is 3. The Morgan fingerprint density at radius 3 is 2.72 bits per heavy atom. The van der Waals surface area contributed by atoms with Crippen LogP contribution in [0.25, 0.3) is 22.5 Å². The van der Waals surface area contributed by atoms with E-state index in [0.29, 0.717) is 16.8 Å². The second kappa shape index (κ2) is 6.70. The highest BCUT2D eigenvalue weighted by Gasteiger charge is 2.31. The van der Waals surface area contributed by atoms with Crippen LogP contribution in [0.15, 0.2) is 42.7 Å². The van der Waals surface area contributed by atoms with Crippen molar-refractivity contribution in [3.05, 3.63) is 59.0 Å². The average molecular weight is 406 g/mol. The molecule has 0 saturated heterocycles. The Morgan fingerprint density at radius 2 is 1.97 bits per heavy atom. The van der Waals surface area contributed by atoms with Crippen LogP contribution in [0.4, 0.5) is 11.8 Å². The van der Waals surface area contributed by atoms with Crippen molar-refractivity contribution in [2.75, 3.05) is 5.32 Å². The Labute approximate surface area is 173 Å². The number of halogens is 1. The van der Waals surface area contributed by atoms with E-state index in [1.54, 1.807) is 4.68 Å². The van der Waals surface area contributed by atoms with Crippen molar-refractivity contribution < 1.29 is 0 Å². The summed E-state index contributed by atoms with van der Waals surface area (Å²) in [5, 5.41) is 13.0. The van der Waals surface area contributed by atoms with Gasteiger partial charge in [0.25, 0.3) is 0 Å². The smallest absolute Gasteiger partial charge is 0.228 e. The standard InChI is InChI=1S/C21H20ClN7/c1-12-10-16-18(20(29(3)26-16)13-6-4-5-7-15(13)22)19-14(12)11-23-21(25-19)24-17-8-9-28(2)27-17/h4-9,11-12H,10H2,1-3H3,(H,23,24,25,27).